The second kappa shape index (κ2) is 7.01. The summed E-state index contributed by atoms with van der Waals surface area (Å²) in [4.78, 5) is 5.84. The number of aromatic nitrogens is 1. The average Bonchev–Trinajstić information content (AvgIpc) is 3.27. The van der Waals surface area contributed by atoms with Crippen molar-refractivity contribution in [2.24, 2.45) is 0 Å². The predicted octanol–water partition coefficient (Wildman–Crippen LogP) is 3.46. The zero-order chi connectivity index (χ0) is 17.8. The van der Waals surface area contributed by atoms with Gasteiger partial charge in [0.15, 0.2) is 5.76 Å². The van der Waals surface area contributed by atoms with Crippen LogP contribution in [-0.4, -0.2) is 26.2 Å². The first kappa shape index (κ1) is 16.5. The standard InChI is InChI=1S/C18H17N3O4/c1-21(2)18-15(10-19)20-17(25-18)16-9-8-14(24-16)11-23-13-6-4-12(22-3)5-7-13/h4-9H,11H2,1-3H3. The van der Waals surface area contributed by atoms with Gasteiger partial charge in [-0.3, -0.25) is 0 Å². The van der Waals surface area contributed by atoms with Crippen molar-refractivity contribution in [3.63, 3.8) is 0 Å². The highest BCUT2D eigenvalue weighted by Crippen LogP contribution is 2.28. The minimum Gasteiger partial charge on any atom is -0.497 e. The molecule has 0 saturated heterocycles. The number of anilines is 1. The first-order chi connectivity index (χ1) is 12.1. The van der Waals surface area contributed by atoms with Crippen LogP contribution in [0.3, 0.4) is 0 Å². The fourth-order valence-corrected chi connectivity index (χ4v) is 2.19. The SMILES string of the molecule is COc1ccc(OCc2ccc(-c3nc(C#N)c(N(C)C)o3)o2)cc1. The Balaban J connectivity index is 1.71. The second-order valence-corrected chi connectivity index (χ2v) is 5.41. The Bertz CT molecular complexity index is 888. The maximum Gasteiger partial charge on any atom is 0.266 e. The third kappa shape index (κ3) is 3.58. The van der Waals surface area contributed by atoms with E-state index in [1.807, 2.05) is 30.3 Å². The highest BCUT2D eigenvalue weighted by Gasteiger charge is 2.18. The van der Waals surface area contributed by atoms with Gasteiger partial charge < -0.3 is 23.2 Å². The zero-order valence-corrected chi connectivity index (χ0v) is 14.1. The molecule has 2 aromatic heterocycles. The van der Waals surface area contributed by atoms with Crippen molar-refractivity contribution in [2.45, 2.75) is 6.61 Å². The summed E-state index contributed by atoms with van der Waals surface area (Å²) in [6.07, 6.45) is 0. The van der Waals surface area contributed by atoms with Gasteiger partial charge in [-0.2, -0.15) is 10.2 Å². The number of ether oxygens (including phenoxy) is 2. The number of oxazole rings is 1. The highest BCUT2D eigenvalue weighted by molar-refractivity contribution is 5.55. The number of rotatable bonds is 6. The third-order valence-electron chi connectivity index (χ3n) is 3.43. The van der Waals surface area contributed by atoms with Crippen LogP contribution in [0.15, 0.2) is 45.2 Å². The van der Waals surface area contributed by atoms with Crippen LogP contribution in [0.5, 0.6) is 11.5 Å². The number of hydrogen-bond acceptors (Lipinski definition) is 7. The van der Waals surface area contributed by atoms with E-state index >= 15 is 0 Å². The van der Waals surface area contributed by atoms with Gasteiger partial charge in [-0.05, 0) is 36.4 Å². The monoisotopic (exact) mass is 339 g/mol. The van der Waals surface area contributed by atoms with Crippen molar-refractivity contribution < 1.29 is 18.3 Å². The largest absolute Gasteiger partial charge is 0.497 e. The molecule has 3 rings (SSSR count). The summed E-state index contributed by atoms with van der Waals surface area (Å²) in [7, 11) is 5.17. The van der Waals surface area contributed by atoms with E-state index in [0.29, 0.717) is 23.2 Å². The predicted molar refractivity (Wildman–Crippen MR) is 90.6 cm³/mol. The lowest BCUT2D eigenvalue weighted by atomic mass is 10.3. The van der Waals surface area contributed by atoms with Crippen molar-refractivity contribution in [3.05, 3.63) is 47.9 Å². The van der Waals surface area contributed by atoms with Gasteiger partial charge in [0.1, 0.15) is 29.9 Å². The van der Waals surface area contributed by atoms with Gasteiger partial charge in [-0.15, -0.1) is 0 Å². The van der Waals surface area contributed by atoms with Crippen molar-refractivity contribution >= 4 is 5.88 Å². The van der Waals surface area contributed by atoms with Crippen LogP contribution >= 0.6 is 0 Å². The molecule has 0 N–H and O–H groups in total. The van der Waals surface area contributed by atoms with Crippen molar-refractivity contribution in [3.8, 4) is 29.2 Å². The number of benzene rings is 1. The van der Waals surface area contributed by atoms with E-state index in [1.54, 1.807) is 38.2 Å². The fraction of sp³-hybridized carbons (Fsp3) is 0.222. The van der Waals surface area contributed by atoms with Gasteiger partial charge in [0.2, 0.25) is 11.6 Å². The van der Waals surface area contributed by atoms with E-state index < -0.39 is 0 Å². The lowest BCUT2D eigenvalue weighted by Crippen LogP contribution is -2.08. The van der Waals surface area contributed by atoms with Crippen LogP contribution in [0.4, 0.5) is 5.88 Å². The minimum absolute atomic E-state index is 0.215. The van der Waals surface area contributed by atoms with Crippen molar-refractivity contribution in [1.29, 1.82) is 5.26 Å². The summed E-state index contributed by atoms with van der Waals surface area (Å²) < 4.78 is 22.1. The Labute approximate surface area is 145 Å². The Kier molecular flexibility index (Phi) is 4.61. The molecule has 0 aliphatic heterocycles. The number of nitriles is 1. The second-order valence-electron chi connectivity index (χ2n) is 5.41. The summed E-state index contributed by atoms with van der Waals surface area (Å²) in [5.74, 6) is 3.19. The van der Waals surface area contributed by atoms with Gasteiger partial charge in [0.05, 0.1) is 7.11 Å². The Morgan fingerprint density at radius 3 is 2.40 bits per heavy atom. The van der Waals surface area contributed by atoms with Gasteiger partial charge >= 0.3 is 0 Å². The lowest BCUT2D eigenvalue weighted by molar-refractivity contribution is 0.270. The van der Waals surface area contributed by atoms with E-state index in [4.69, 9.17) is 23.6 Å². The Morgan fingerprint density at radius 1 is 1.08 bits per heavy atom. The van der Waals surface area contributed by atoms with Crippen LogP contribution in [0, 0.1) is 11.3 Å². The molecule has 0 bridgehead atoms. The van der Waals surface area contributed by atoms with Crippen molar-refractivity contribution in [1.82, 2.24) is 4.98 Å². The summed E-state index contributed by atoms with van der Waals surface area (Å²) in [6, 6.07) is 12.8. The van der Waals surface area contributed by atoms with E-state index in [1.165, 1.54) is 0 Å². The van der Waals surface area contributed by atoms with Crippen LogP contribution in [-0.2, 0) is 6.61 Å². The summed E-state index contributed by atoms with van der Waals surface area (Å²) in [6.45, 7) is 0.263. The maximum atomic E-state index is 9.12. The molecule has 0 aliphatic carbocycles. The zero-order valence-electron chi connectivity index (χ0n) is 14.1. The minimum atomic E-state index is 0.215. The van der Waals surface area contributed by atoms with E-state index in [-0.39, 0.29) is 18.2 Å². The van der Waals surface area contributed by atoms with E-state index in [2.05, 4.69) is 4.98 Å². The number of methoxy groups -OCH3 is 1. The molecule has 0 spiro atoms. The molecule has 0 saturated carbocycles. The number of furan rings is 1. The molecule has 7 heteroatoms. The van der Waals surface area contributed by atoms with Crippen LogP contribution in [0.2, 0.25) is 0 Å². The lowest BCUT2D eigenvalue weighted by Gasteiger charge is -2.06. The Morgan fingerprint density at radius 2 is 1.80 bits per heavy atom. The summed E-state index contributed by atoms with van der Waals surface area (Å²) in [5, 5.41) is 9.12. The number of nitrogens with zero attached hydrogens (tertiary/aromatic N) is 3. The van der Waals surface area contributed by atoms with E-state index in [9.17, 15) is 0 Å². The van der Waals surface area contributed by atoms with Crippen molar-refractivity contribution in [2.75, 3.05) is 26.1 Å². The molecule has 3 aromatic rings. The molecule has 0 fully saturated rings. The quantitative estimate of drug-likeness (QED) is 0.680. The average molecular weight is 339 g/mol. The molecule has 0 radical (unpaired) electrons. The molecule has 128 valence electrons. The molecular formula is C18H17N3O4. The highest BCUT2D eigenvalue weighted by atomic mass is 16.5. The molecular weight excluding hydrogens is 322 g/mol. The molecule has 7 nitrogen and oxygen atoms in total. The molecule has 0 atom stereocenters. The first-order valence-corrected chi connectivity index (χ1v) is 7.55. The summed E-state index contributed by atoms with van der Waals surface area (Å²) in [5.41, 5.74) is 0.215. The van der Waals surface area contributed by atoms with Gasteiger partial charge in [-0.1, -0.05) is 0 Å². The molecule has 25 heavy (non-hydrogen) atoms. The molecule has 1 aromatic carbocycles. The van der Waals surface area contributed by atoms with Crippen LogP contribution in [0.1, 0.15) is 11.5 Å². The summed E-state index contributed by atoms with van der Waals surface area (Å²) >= 11 is 0. The van der Waals surface area contributed by atoms with Crippen LogP contribution in [0.25, 0.3) is 11.7 Å². The smallest absolute Gasteiger partial charge is 0.266 e. The normalized spacial score (nSPS) is 10.3. The van der Waals surface area contributed by atoms with Gasteiger partial charge in [0.25, 0.3) is 5.89 Å². The van der Waals surface area contributed by atoms with Gasteiger partial charge in [0, 0.05) is 14.1 Å². The van der Waals surface area contributed by atoms with Gasteiger partial charge in [-0.25, -0.2) is 0 Å². The molecule has 0 amide bonds. The van der Waals surface area contributed by atoms with E-state index in [0.717, 1.165) is 5.75 Å². The third-order valence-corrected chi connectivity index (χ3v) is 3.43. The molecule has 2 heterocycles. The number of hydrogen-bond donors (Lipinski definition) is 0. The van der Waals surface area contributed by atoms with Crippen LogP contribution < -0.4 is 14.4 Å². The fourth-order valence-electron chi connectivity index (χ4n) is 2.19. The molecule has 0 aliphatic rings. The maximum absolute atomic E-state index is 9.12. The first-order valence-electron chi connectivity index (χ1n) is 7.55. The molecule has 0 unspecified atom stereocenters. The Hall–Kier alpha value is -3.40. The topological polar surface area (TPSA) is 84.7 Å².